The highest BCUT2D eigenvalue weighted by Crippen LogP contribution is 2.39. The van der Waals surface area contributed by atoms with Crippen LogP contribution in [0.5, 0.6) is 5.75 Å². The van der Waals surface area contributed by atoms with Crippen molar-refractivity contribution in [3.8, 4) is 17.0 Å². The molecule has 0 unspecified atom stereocenters. The Kier molecular flexibility index (Phi) is 14.9. The lowest BCUT2D eigenvalue weighted by Crippen LogP contribution is -2.43. The van der Waals surface area contributed by atoms with Crippen LogP contribution in [0.2, 0.25) is 0 Å². The molecule has 3 aromatic carbocycles. The van der Waals surface area contributed by atoms with E-state index in [1.807, 2.05) is 43.3 Å². The summed E-state index contributed by atoms with van der Waals surface area (Å²) in [6.45, 7) is 12.1. The summed E-state index contributed by atoms with van der Waals surface area (Å²) in [4.78, 5) is 43.6. The van der Waals surface area contributed by atoms with E-state index in [9.17, 15) is 4.79 Å². The van der Waals surface area contributed by atoms with Gasteiger partial charge >= 0.3 is 0 Å². The van der Waals surface area contributed by atoms with E-state index in [2.05, 4.69) is 91.2 Å². The van der Waals surface area contributed by atoms with Crippen molar-refractivity contribution in [3.05, 3.63) is 111 Å². The van der Waals surface area contributed by atoms with E-state index in [0.717, 1.165) is 85.9 Å². The highest BCUT2D eigenvalue weighted by atomic mass is 16.5. The van der Waals surface area contributed by atoms with Crippen LogP contribution in [0.1, 0.15) is 101 Å². The van der Waals surface area contributed by atoms with E-state index in [4.69, 9.17) is 9.53 Å². The normalized spacial score (nSPS) is 14.8. The van der Waals surface area contributed by atoms with Gasteiger partial charge in [-0.15, -0.1) is 0 Å². The minimum absolute atomic E-state index is 0.0785. The molecule has 2 aliphatic heterocycles. The Bertz CT molecular complexity index is 1980. The number of amides is 3. The molecular formula is C47H63N5O4. The van der Waals surface area contributed by atoms with Crippen LogP contribution >= 0.6 is 0 Å². The first kappa shape index (κ1) is 42.3. The average molecular weight is 762 g/mol. The summed E-state index contributed by atoms with van der Waals surface area (Å²) in [5, 5.41) is 0. The molecule has 0 bridgehead atoms. The van der Waals surface area contributed by atoms with E-state index in [0.29, 0.717) is 32.7 Å². The SMILES string of the molecule is CCCCc1c(CCCC)c(-c2cc3c(cc2C(=O)N2Cc4ccccc4C[C@H]2C)CN(C(=O)Cc2cccc(OCCN(C)C)c2)CC3)n(C)c1C.NC=O. The molecule has 0 saturated heterocycles. The molecule has 0 saturated carbocycles. The largest absolute Gasteiger partial charge is 0.492 e. The van der Waals surface area contributed by atoms with Crippen molar-refractivity contribution in [1.29, 1.82) is 0 Å². The van der Waals surface area contributed by atoms with Gasteiger partial charge in [-0.2, -0.15) is 0 Å². The van der Waals surface area contributed by atoms with Gasteiger partial charge < -0.3 is 29.7 Å². The Hall–Kier alpha value is -4.89. The molecule has 300 valence electrons. The molecule has 0 spiro atoms. The number of primary amides is 1. The first-order valence-electron chi connectivity index (χ1n) is 20.5. The van der Waals surface area contributed by atoms with Crippen LogP contribution in [0.15, 0.2) is 60.7 Å². The molecule has 6 rings (SSSR count). The van der Waals surface area contributed by atoms with Gasteiger partial charge in [0.2, 0.25) is 12.3 Å². The molecule has 4 aromatic rings. The number of hydrogen-bond donors (Lipinski definition) is 1. The monoisotopic (exact) mass is 761 g/mol. The standard InChI is InChI=1S/C46H60N4O3.CH3NO/c1-8-10-19-40-33(4)48(7)45(41(40)20-11-9-2)42-28-36-21-22-49(44(51)27-34-15-14-18-39(26-34)53-24-23-47(5)6)30-38(36)29-43(42)46(52)50-31-37-17-13-12-16-35(37)25-32(50)3;2-1-3/h12-18,26,28-29,32H,8-11,19-25,27,30-31H2,1-7H3;1H,(H2,2,3)/t32-;/m1./s1. The number of aromatic nitrogens is 1. The van der Waals surface area contributed by atoms with Crippen molar-refractivity contribution >= 4 is 18.2 Å². The third kappa shape index (κ3) is 9.91. The van der Waals surface area contributed by atoms with E-state index < -0.39 is 0 Å². The fourth-order valence-electron chi connectivity index (χ4n) is 8.26. The zero-order chi connectivity index (χ0) is 40.4. The number of nitrogens with zero attached hydrogens (tertiary/aromatic N) is 4. The van der Waals surface area contributed by atoms with E-state index in [1.54, 1.807) is 0 Å². The van der Waals surface area contributed by atoms with Crippen LogP contribution in [0.25, 0.3) is 11.3 Å². The number of ether oxygens (including phenoxy) is 1. The van der Waals surface area contributed by atoms with Crippen LogP contribution in [-0.4, -0.2) is 77.3 Å². The molecule has 9 nitrogen and oxygen atoms in total. The molecule has 0 aliphatic carbocycles. The lowest BCUT2D eigenvalue weighted by Gasteiger charge is -2.36. The van der Waals surface area contributed by atoms with Gasteiger partial charge in [0, 0.05) is 56.1 Å². The zero-order valence-corrected chi connectivity index (χ0v) is 34.8. The second kappa shape index (κ2) is 19.8. The van der Waals surface area contributed by atoms with Crippen LogP contribution in [-0.2, 0) is 61.8 Å². The number of benzene rings is 3. The molecule has 1 aromatic heterocycles. The van der Waals surface area contributed by atoms with Gasteiger partial charge in [-0.3, -0.25) is 14.4 Å². The Labute approximate surface area is 334 Å². The summed E-state index contributed by atoms with van der Waals surface area (Å²) < 4.78 is 8.31. The van der Waals surface area contributed by atoms with Gasteiger partial charge in [0.1, 0.15) is 12.4 Å². The zero-order valence-electron chi connectivity index (χ0n) is 34.8. The Morgan fingerprint density at radius 3 is 2.30 bits per heavy atom. The van der Waals surface area contributed by atoms with Gasteiger partial charge in [-0.25, -0.2) is 0 Å². The van der Waals surface area contributed by atoms with Crippen molar-refractivity contribution in [1.82, 2.24) is 19.3 Å². The molecule has 9 heteroatoms. The average Bonchev–Trinajstić information content (AvgIpc) is 3.42. The molecule has 2 N–H and O–H groups in total. The van der Waals surface area contributed by atoms with Gasteiger partial charge in [0.15, 0.2) is 0 Å². The van der Waals surface area contributed by atoms with Crippen molar-refractivity contribution in [2.24, 2.45) is 12.8 Å². The van der Waals surface area contributed by atoms with Crippen molar-refractivity contribution in [3.63, 3.8) is 0 Å². The van der Waals surface area contributed by atoms with Crippen molar-refractivity contribution in [2.45, 2.75) is 105 Å². The molecule has 56 heavy (non-hydrogen) atoms. The summed E-state index contributed by atoms with van der Waals surface area (Å²) in [6.07, 6.45) is 8.80. The van der Waals surface area contributed by atoms with Crippen LogP contribution in [0.3, 0.4) is 0 Å². The fraction of sp³-hybridized carbons (Fsp3) is 0.468. The number of fused-ring (bicyclic) bond motifs is 2. The van der Waals surface area contributed by atoms with Gasteiger partial charge in [0.25, 0.3) is 5.91 Å². The minimum atomic E-state index is 0.0785. The molecule has 0 radical (unpaired) electrons. The lowest BCUT2D eigenvalue weighted by molar-refractivity contribution is -0.131. The predicted octanol–water partition coefficient (Wildman–Crippen LogP) is 7.44. The van der Waals surface area contributed by atoms with Gasteiger partial charge in [0.05, 0.1) is 12.1 Å². The second-order valence-electron chi connectivity index (χ2n) is 15.8. The minimum Gasteiger partial charge on any atom is -0.492 e. The molecule has 3 amide bonds. The third-order valence-corrected chi connectivity index (χ3v) is 11.5. The van der Waals surface area contributed by atoms with Crippen molar-refractivity contribution in [2.75, 3.05) is 33.8 Å². The summed E-state index contributed by atoms with van der Waals surface area (Å²) in [5.74, 6) is 0.966. The number of rotatable bonds is 14. The smallest absolute Gasteiger partial charge is 0.255 e. The number of unbranched alkanes of at least 4 members (excludes halogenated alkanes) is 2. The van der Waals surface area contributed by atoms with E-state index in [1.165, 1.54) is 39.2 Å². The molecule has 3 heterocycles. The number of hydrogen-bond acceptors (Lipinski definition) is 5. The Morgan fingerprint density at radius 2 is 1.61 bits per heavy atom. The summed E-state index contributed by atoms with van der Waals surface area (Å²) >= 11 is 0. The number of carbonyl (C=O) groups excluding carboxylic acids is 3. The van der Waals surface area contributed by atoms with Gasteiger partial charge in [-0.05, 0) is 130 Å². The number of nitrogens with two attached hydrogens (primary N) is 1. The van der Waals surface area contributed by atoms with Gasteiger partial charge in [-0.1, -0.05) is 63.1 Å². The van der Waals surface area contributed by atoms with E-state index >= 15 is 4.79 Å². The van der Waals surface area contributed by atoms with Crippen molar-refractivity contribution < 1.29 is 19.1 Å². The summed E-state index contributed by atoms with van der Waals surface area (Å²) in [7, 11) is 6.24. The maximum Gasteiger partial charge on any atom is 0.255 e. The lowest BCUT2D eigenvalue weighted by atomic mass is 9.87. The fourth-order valence-corrected chi connectivity index (χ4v) is 8.26. The van der Waals surface area contributed by atoms with Crippen LogP contribution in [0.4, 0.5) is 0 Å². The highest BCUT2D eigenvalue weighted by Gasteiger charge is 2.33. The molecule has 0 fully saturated rings. The quantitative estimate of drug-likeness (QED) is 0.135. The molecule has 2 aliphatic rings. The van der Waals surface area contributed by atoms with Crippen LogP contribution in [0, 0.1) is 6.92 Å². The first-order valence-corrected chi connectivity index (χ1v) is 20.5. The van der Waals surface area contributed by atoms with Crippen LogP contribution < -0.4 is 10.5 Å². The predicted molar refractivity (Wildman–Crippen MR) is 226 cm³/mol. The first-order chi connectivity index (χ1) is 27.0. The number of likely N-dealkylation sites (N-methyl/N-ethyl adjacent to an activating group) is 1. The maximum atomic E-state index is 15.0. The summed E-state index contributed by atoms with van der Waals surface area (Å²) in [5.41, 5.74) is 17.2. The summed E-state index contributed by atoms with van der Waals surface area (Å²) in [6, 6.07) is 21.0. The topological polar surface area (TPSA) is 101 Å². The number of carbonyl (C=O) groups is 3. The molecular weight excluding hydrogens is 699 g/mol. The third-order valence-electron chi connectivity index (χ3n) is 11.5. The Balaban J connectivity index is 0.00000194. The molecule has 1 atom stereocenters. The maximum absolute atomic E-state index is 15.0. The second-order valence-corrected chi connectivity index (χ2v) is 15.8. The Morgan fingerprint density at radius 1 is 0.911 bits per heavy atom. The highest BCUT2D eigenvalue weighted by molar-refractivity contribution is 6.02. The van der Waals surface area contributed by atoms with E-state index in [-0.39, 0.29) is 24.3 Å².